The van der Waals surface area contributed by atoms with Gasteiger partial charge in [-0.25, -0.2) is 0 Å². The lowest BCUT2D eigenvalue weighted by molar-refractivity contribution is 1.18. The Morgan fingerprint density at radius 3 is 1.47 bits per heavy atom. The van der Waals surface area contributed by atoms with Crippen LogP contribution >= 0.6 is 0 Å². The first-order valence-corrected chi connectivity index (χ1v) is 19.6. The van der Waals surface area contributed by atoms with E-state index in [2.05, 4.69) is 199 Å². The molecule has 0 saturated carbocycles. The molecular formula is C55H34N2. The zero-order valence-electron chi connectivity index (χ0n) is 31.0. The van der Waals surface area contributed by atoms with Gasteiger partial charge in [0.15, 0.2) is 0 Å². The monoisotopic (exact) mass is 722 g/mol. The van der Waals surface area contributed by atoms with E-state index in [1.807, 2.05) is 12.3 Å². The maximum Gasteiger partial charge on any atom is 0.0963 e. The lowest BCUT2D eigenvalue weighted by Crippen LogP contribution is -1.93. The summed E-state index contributed by atoms with van der Waals surface area (Å²) < 4.78 is 2.31. The third-order valence-corrected chi connectivity index (χ3v) is 12.0. The summed E-state index contributed by atoms with van der Waals surface area (Å²) >= 11 is 0. The van der Waals surface area contributed by atoms with E-state index in [4.69, 9.17) is 4.98 Å². The molecule has 0 bridgehead atoms. The maximum absolute atomic E-state index is 4.72. The largest absolute Gasteiger partial charge is 0.308 e. The van der Waals surface area contributed by atoms with Gasteiger partial charge in [-0.2, -0.15) is 0 Å². The van der Waals surface area contributed by atoms with Gasteiger partial charge in [-0.1, -0.05) is 170 Å². The van der Waals surface area contributed by atoms with Gasteiger partial charge in [-0.05, 0) is 119 Å². The Balaban J connectivity index is 0.984. The van der Waals surface area contributed by atoms with E-state index in [-0.39, 0.29) is 0 Å². The molecule has 2 heterocycles. The number of rotatable bonds is 5. The molecular weight excluding hydrogens is 689 g/mol. The van der Waals surface area contributed by atoms with Crippen LogP contribution < -0.4 is 0 Å². The normalized spacial score (nSPS) is 11.9. The number of pyridine rings is 1. The second kappa shape index (κ2) is 12.5. The summed E-state index contributed by atoms with van der Waals surface area (Å²) in [4.78, 5) is 4.72. The molecule has 9 aromatic carbocycles. The van der Waals surface area contributed by atoms with Crippen molar-refractivity contribution in [3.05, 3.63) is 206 Å². The van der Waals surface area contributed by atoms with E-state index >= 15 is 0 Å². The quantitative estimate of drug-likeness (QED) is 0.173. The Morgan fingerprint density at radius 1 is 0.298 bits per heavy atom. The molecule has 0 radical (unpaired) electrons. The molecule has 0 aliphatic heterocycles. The maximum atomic E-state index is 4.72. The molecule has 264 valence electrons. The zero-order chi connectivity index (χ0) is 37.5. The molecule has 2 nitrogen and oxygen atoms in total. The predicted molar refractivity (Wildman–Crippen MR) is 240 cm³/mol. The van der Waals surface area contributed by atoms with Crippen LogP contribution in [-0.4, -0.2) is 9.55 Å². The van der Waals surface area contributed by atoms with Crippen molar-refractivity contribution in [3.63, 3.8) is 0 Å². The fraction of sp³-hybridized carbons (Fsp3) is 0. The average Bonchev–Trinajstić information content (AvgIpc) is 3.80. The van der Waals surface area contributed by atoms with Crippen LogP contribution in [0.2, 0.25) is 0 Å². The second-order valence-electron chi connectivity index (χ2n) is 15.0. The standard InChI is InChI=1S/C55H34N2/c1-3-13-38(14-4-1)50-43-17-7-8-18-44(43)51(39-15-5-2-6-16-39)54-47-33-32-41(42-20-11-21-46(52(42)47)53(50)54)37-26-24-35(25-27-37)36-28-30-40(31-29-36)57-48-22-10-9-19-45(48)55-49(57)23-12-34-56-55/h1-34H. The average molecular weight is 723 g/mol. The third kappa shape index (κ3) is 4.74. The fourth-order valence-corrected chi connectivity index (χ4v) is 9.57. The number of nitrogens with zero attached hydrogens (tertiary/aromatic N) is 2. The van der Waals surface area contributed by atoms with Crippen LogP contribution in [-0.2, 0) is 0 Å². The molecule has 1 aliphatic rings. The number of hydrogen-bond donors (Lipinski definition) is 0. The lowest BCUT2D eigenvalue weighted by atomic mass is 9.82. The summed E-state index contributed by atoms with van der Waals surface area (Å²) in [5, 5.41) is 6.33. The van der Waals surface area contributed by atoms with Crippen LogP contribution in [0.3, 0.4) is 0 Å². The number of benzene rings is 9. The van der Waals surface area contributed by atoms with Crippen molar-refractivity contribution in [2.45, 2.75) is 0 Å². The first kappa shape index (κ1) is 31.8. The van der Waals surface area contributed by atoms with Gasteiger partial charge < -0.3 is 4.57 Å². The van der Waals surface area contributed by atoms with Crippen molar-refractivity contribution in [2.75, 3.05) is 0 Å². The van der Waals surface area contributed by atoms with Crippen molar-refractivity contribution >= 4 is 43.5 Å². The Bertz CT molecular complexity index is 3210. The van der Waals surface area contributed by atoms with E-state index in [1.54, 1.807) is 0 Å². The fourth-order valence-electron chi connectivity index (χ4n) is 9.57. The smallest absolute Gasteiger partial charge is 0.0963 e. The molecule has 2 heteroatoms. The van der Waals surface area contributed by atoms with Crippen molar-refractivity contribution < 1.29 is 0 Å². The summed E-state index contributed by atoms with van der Waals surface area (Å²) in [6.07, 6.45) is 1.87. The number of fused-ring (bicyclic) bond motifs is 7. The van der Waals surface area contributed by atoms with Crippen LogP contribution in [0, 0.1) is 0 Å². The van der Waals surface area contributed by atoms with Crippen molar-refractivity contribution in [1.82, 2.24) is 9.55 Å². The van der Waals surface area contributed by atoms with E-state index in [0.29, 0.717) is 0 Å². The molecule has 0 amide bonds. The molecule has 2 aromatic heterocycles. The molecule has 1 aliphatic carbocycles. The van der Waals surface area contributed by atoms with E-state index in [1.165, 1.54) is 93.7 Å². The second-order valence-corrected chi connectivity index (χ2v) is 15.0. The van der Waals surface area contributed by atoms with Gasteiger partial charge in [-0.3, -0.25) is 4.98 Å². The molecule has 0 unspecified atom stereocenters. The minimum atomic E-state index is 1.03. The van der Waals surface area contributed by atoms with E-state index < -0.39 is 0 Å². The van der Waals surface area contributed by atoms with Crippen molar-refractivity contribution in [3.8, 4) is 72.4 Å². The molecule has 57 heavy (non-hydrogen) atoms. The van der Waals surface area contributed by atoms with E-state index in [0.717, 1.165) is 22.2 Å². The Kier molecular flexibility index (Phi) is 6.96. The van der Waals surface area contributed by atoms with Gasteiger partial charge in [-0.15, -0.1) is 0 Å². The molecule has 0 fully saturated rings. The van der Waals surface area contributed by atoms with Crippen molar-refractivity contribution in [2.24, 2.45) is 0 Å². The molecule has 0 atom stereocenters. The van der Waals surface area contributed by atoms with Gasteiger partial charge in [0.2, 0.25) is 0 Å². The summed E-state index contributed by atoms with van der Waals surface area (Å²) in [6, 6.07) is 73.1. The molecule has 12 rings (SSSR count). The highest BCUT2D eigenvalue weighted by atomic mass is 15.0. The van der Waals surface area contributed by atoms with E-state index in [9.17, 15) is 0 Å². The highest BCUT2D eigenvalue weighted by molar-refractivity contribution is 6.28. The summed E-state index contributed by atoms with van der Waals surface area (Å²) in [7, 11) is 0. The number of para-hydroxylation sites is 1. The highest BCUT2D eigenvalue weighted by Crippen LogP contribution is 2.58. The highest BCUT2D eigenvalue weighted by Gasteiger charge is 2.31. The summed E-state index contributed by atoms with van der Waals surface area (Å²) in [6.45, 7) is 0. The number of aromatic nitrogens is 2. The van der Waals surface area contributed by atoms with Gasteiger partial charge >= 0.3 is 0 Å². The van der Waals surface area contributed by atoms with Crippen molar-refractivity contribution in [1.29, 1.82) is 0 Å². The topological polar surface area (TPSA) is 17.8 Å². The van der Waals surface area contributed by atoms with Gasteiger partial charge in [0.1, 0.15) is 0 Å². The number of hydrogen-bond acceptors (Lipinski definition) is 1. The SMILES string of the molecule is c1ccc(-c2c3c(c(-c4ccccc4)c4ccccc24)-c2ccc(-c4ccc(-c5ccc(-n6c7ccccc7c7ncccc76)cc5)cc4)c4cccc-3c24)cc1. The van der Waals surface area contributed by atoms with Crippen LogP contribution in [0.15, 0.2) is 206 Å². The van der Waals surface area contributed by atoms with Gasteiger partial charge in [0.25, 0.3) is 0 Å². The third-order valence-electron chi connectivity index (χ3n) is 12.0. The zero-order valence-corrected chi connectivity index (χ0v) is 31.0. The van der Waals surface area contributed by atoms with Gasteiger partial charge in [0, 0.05) is 17.3 Å². The Hall–Kier alpha value is -7.55. The summed E-state index contributed by atoms with van der Waals surface area (Å²) in [5.74, 6) is 0. The lowest BCUT2D eigenvalue weighted by Gasteiger charge is -2.20. The van der Waals surface area contributed by atoms with Crippen LogP contribution in [0.1, 0.15) is 0 Å². The Morgan fingerprint density at radius 2 is 0.807 bits per heavy atom. The first-order chi connectivity index (χ1) is 28.3. The molecule has 0 saturated heterocycles. The minimum Gasteiger partial charge on any atom is -0.308 e. The molecule has 0 spiro atoms. The molecule has 0 N–H and O–H groups in total. The molecule has 11 aromatic rings. The Labute approximate surface area is 330 Å². The minimum absolute atomic E-state index is 1.03. The summed E-state index contributed by atoms with van der Waals surface area (Å²) in [5.41, 5.74) is 19.6. The van der Waals surface area contributed by atoms with Crippen LogP contribution in [0.4, 0.5) is 0 Å². The predicted octanol–water partition coefficient (Wildman–Crippen LogP) is 14.8. The first-order valence-electron chi connectivity index (χ1n) is 19.6. The van der Waals surface area contributed by atoms with Crippen LogP contribution in [0.5, 0.6) is 0 Å². The van der Waals surface area contributed by atoms with Gasteiger partial charge in [0.05, 0.1) is 16.6 Å². The van der Waals surface area contributed by atoms with Crippen LogP contribution in [0.25, 0.3) is 116 Å².